The fraction of sp³-hybridized carbons (Fsp3) is 0.0667. The van der Waals surface area contributed by atoms with E-state index >= 15 is 0 Å². The molecule has 0 saturated carbocycles. The number of nitrogens with zero attached hydrogens (tertiary/aromatic N) is 1. The number of halogens is 1. The molecule has 0 saturated heterocycles. The van der Waals surface area contributed by atoms with Crippen LogP contribution in [0.5, 0.6) is 0 Å². The summed E-state index contributed by atoms with van der Waals surface area (Å²) >= 11 is 0. The molecule has 3 aromatic rings. The number of hydrogen-bond donors (Lipinski definition) is 2. The molecule has 0 bridgehead atoms. The molecule has 2 N–H and O–H groups in total. The van der Waals surface area contributed by atoms with Crippen LogP contribution in [0.2, 0.25) is 0 Å². The van der Waals surface area contributed by atoms with Gasteiger partial charge in [-0.25, -0.2) is 4.39 Å². The van der Waals surface area contributed by atoms with Crippen molar-refractivity contribution in [3.8, 4) is 0 Å². The predicted octanol–water partition coefficient (Wildman–Crippen LogP) is 3.26. The van der Waals surface area contributed by atoms with Gasteiger partial charge >= 0.3 is 0 Å². The summed E-state index contributed by atoms with van der Waals surface area (Å²) in [5, 5.41) is 9.64. The van der Waals surface area contributed by atoms with Gasteiger partial charge in [-0.15, -0.1) is 0 Å². The van der Waals surface area contributed by atoms with Crippen LogP contribution in [0.3, 0.4) is 0 Å². The summed E-state index contributed by atoms with van der Waals surface area (Å²) < 4.78 is 13.5. The minimum Gasteiger partial charge on any atom is -0.321 e. The summed E-state index contributed by atoms with van der Waals surface area (Å²) in [5.41, 5.74) is 2.21. The normalized spacial score (nSPS) is 10.7. The number of aromatic amines is 1. The van der Waals surface area contributed by atoms with Gasteiger partial charge in [-0.2, -0.15) is 5.10 Å². The lowest BCUT2D eigenvalue weighted by Gasteiger charge is -2.04. The molecule has 1 heterocycles. The maximum absolute atomic E-state index is 13.5. The molecule has 20 heavy (non-hydrogen) atoms. The number of para-hydroxylation sites is 1. The van der Waals surface area contributed by atoms with Crippen LogP contribution >= 0.6 is 0 Å². The Morgan fingerprint density at radius 3 is 2.70 bits per heavy atom. The van der Waals surface area contributed by atoms with E-state index in [0.29, 0.717) is 11.1 Å². The van der Waals surface area contributed by atoms with E-state index in [9.17, 15) is 9.18 Å². The standard InChI is InChI=1S/C15H12FN3O/c1-9-5-7-10(8-6-9)17-15(20)14-11-3-2-4-12(16)13(11)18-19-14/h2-8H,1H3,(H,17,20)(H,18,19). The topological polar surface area (TPSA) is 57.8 Å². The SMILES string of the molecule is Cc1ccc(NC(=O)c2[nH]nc3c(F)cccc23)cc1. The molecule has 0 radical (unpaired) electrons. The Kier molecular flexibility index (Phi) is 2.95. The Bertz CT molecular complexity index is 777. The van der Waals surface area contributed by atoms with Gasteiger partial charge in [-0.3, -0.25) is 9.89 Å². The van der Waals surface area contributed by atoms with E-state index in [2.05, 4.69) is 15.5 Å². The zero-order valence-corrected chi connectivity index (χ0v) is 10.8. The summed E-state index contributed by atoms with van der Waals surface area (Å²) in [5.74, 6) is -0.796. The van der Waals surface area contributed by atoms with E-state index in [0.717, 1.165) is 5.56 Å². The first-order valence-electron chi connectivity index (χ1n) is 6.16. The van der Waals surface area contributed by atoms with Crippen molar-refractivity contribution in [3.63, 3.8) is 0 Å². The average Bonchev–Trinajstić information content (AvgIpc) is 2.87. The fourth-order valence-electron chi connectivity index (χ4n) is 2.01. The van der Waals surface area contributed by atoms with Gasteiger partial charge in [0, 0.05) is 11.1 Å². The van der Waals surface area contributed by atoms with Crippen LogP contribution in [0.4, 0.5) is 10.1 Å². The zero-order valence-electron chi connectivity index (χ0n) is 10.8. The molecule has 100 valence electrons. The number of carbonyl (C=O) groups is 1. The average molecular weight is 269 g/mol. The van der Waals surface area contributed by atoms with Crippen molar-refractivity contribution in [2.24, 2.45) is 0 Å². The zero-order chi connectivity index (χ0) is 14.1. The molecule has 0 aliphatic heterocycles. The molecule has 0 fully saturated rings. The number of rotatable bonds is 2. The van der Waals surface area contributed by atoms with Crippen molar-refractivity contribution in [1.82, 2.24) is 10.2 Å². The third kappa shape index (κ3) is 2.14. The number of benzene rings is 2. The predicted molar refractivity (Wildman–Crippen MR) is 75.2 cm³/mol. The number of aromatic nitrogens is 2. The third-order valence-electron chi connectivity index (χ3n) is 3.07. The van der Waals surface area contributed by atoms with E-state index < -0.39 is 5.82 Å². The summed E-state index contributed by atoms with van der Waals surface area (Å²) in [7, 11) is 0. The lowest BCUT2D eigenvalue weighted by molar-refractivity contribution is 0.102. The van der Waals surface area contributed by atoms with Crippen molar-refractivity contribution in [3.05, 3.63) is 59.5 Å². The van der Waals surface area contributed by atoms with E-state index in [1.807, 2.05) is 31.2 Å². The van der Waals surface area contributed by atoms with Crippen LogP contribution in [0, 0.1) is 12.7 Å². The second-order valence-electron chi connectivity index (χ2n) is 4.55. The van der Waals surface area contributed by atoms with Crippen LogP contribution in [-0.2, 0) is 0 Å². The molecule has 0 unspecified atom stereocenters. The number of carbonyl (C=O) groups excluding carboxylic acids is 1. The van der Waals surface area contributed by atoms with Crippen molar-refractivity contribution >= 4 is 22.5 Å². The molecule has 4 nitrogen and oxygen atoms in total. The maximum atomic E-state index is 13.5. The lowest BCUT2D eigenvalue weighted by Crippen LogP contribution is -2.12. The van der Waals surface area contributed by atoms with Crippen LogP contribution in [0.25, 0.3) is 10.9 Å². The molecular weight excluding hydrogens is 257 g/mol. The highest BCUT2D eigenvalue weighted by Gasteiger charge is 2.15. The van der Waals surface area contributed by atoms with Crippen molar-refractivity contribution in [2.75, 3.05) is 5.32 Å². The monoisotopic (exact) mass is 269 g/mol. The summed E-state index contributed by atoms with van der Waals surface area (Å²) in [6.45, 7) is 1.97. The number of amides is 1. The van der Waals surface area contributed by atoms with E-state index in [1.54, 1.807) is 12.1 Å². The van der Waals surface area contributed by atoms with Crippen molar-refractivity contribution in [2.45, 2.75) is 6.92 Å². The molecular formula is C15H12FN3O. The Morgan fingerprint density at radius 1 is 1.20 bits per heavy atom. The van der Waals surface area contributed by atoms with Gasteiger partial charge in [0.2, 0.25) is 0 Å². The van der Waals surface area contributed by atoms with Gasteiger partial charge in [-0.05, 0) is 25.1 Å². The summed E-state index contributed by atoms with van der Waals surface area (Å²) in [6, 6.07) is 12.0. The minimum atomic E-state index is -0.451. The number of H-pyrrole nitrogens is 1. The Morgan fingerprint density at radius 2 is 1.95 bits per heavy atom. The molecule has 0 aliphatic rings. The molecule has 1 aromatic heterocycles. The third-order valence-corrected chi connectivity index (χ3v) is 3.07. The highest BCUT2D eigenvalue weighted by Crippen LogP contribution is 2.19. The first-order chi connectivity index (χ1) is 9.65. The van der Waals surface area contributed by atoms with E-state index in [-0.39, 0.29) is 17.1 Å². The van der Waals surface area contributed by atoms with Gasteiger partial charge in [0.1, 0.15) is 11.2 Å². The number of nitrogens with one attached hydrogen (secondary N) is 2. The smallest absolute Gasteiger partial charge is 0.274 e. The van der Waals surface area contributed by atoms with Crippen LogP contribution in [0.15, 0.2) is 42.5 Å². The first kappa shape index (κ1) is 12.3. The number of anilines is 1. The maximum Gasteiger partial charge on any atom is 0.274 e. The second-order valence-corrected chi connectivity index (χ2v) is 4.55. The summed E-state index contributed by atoms with van der Waals surface area (Å²) in [4.78, 5) is 12.2. The Balaban J connectivity index is 1.93. The van der Waals surface area contributed by atoms with Crippen molar-refractivity contribution < 1.29 is 9.18 Å². The highest BCUT2D eigenvalue weighted by molar-refractivity contribution is 6.11. The highest BCUT2D eigenvalue weighted by atomic mass is 19.1. The summed E-state index contributed by atoms with van der Waals surface area (Å²) in [6.07, 6.45) is 0. The van der Waals surface area contributed by atoms with Gasteiger partial charge in [0.25, 0.3) is 5.91 Å². The van der Waals surface area contributed by atoms with Gasteiger partial charge in [0.15, 0.2) is 5.82 Å². The van der Waals surface area contributed by atoms with Crippen LogP contribution in [-0.4, -0.2) is 16.1 Å². The van der Waals surface area contributed by atoms with Crippen molar-refractivity contribution in [1.29, 1.82) is 0 Å². The minimum absolute atomic E-state index is 0.168. The van der Waals surface area contributed by atoms with Gasteiger partial charge < -0.3 is 5.32 Å². The van der Waals surface area contributed by atoms with E-state index in [4.69, 9.17) is 0 Å². The van der Waals surface area contributed by atoms with Gasteiger partial charge in [-0.1, -0.05) is 29.8 Å². The molecule has 0 spiro atoms. The Hall–Kier alpha value is -2.69. The van der Waals surface area contributed by atoms with Crippen LogP contribution < -0.4 is 5.32 Å². The largest absolute Gasteiger partial charge is 0.321 e. The number of hydrogen-bond acceptors (Lipinski definition) is 2. The molecule has 1 amide bonds. The van der Waals surface area contributed by atoms with Crippen LogP contribution in [0.1, 0.15) is 16.1 Å². The lowest BCUT2D eigenvalue weighted by atomic mass is 10.2. The molecule has 0 aliphatic carbocycles. The fourth-order valence-corrected chi connectivity index (χ4v) is 2.01. The first-order valence-corrected chi connectivity index (χ1v) is 6.16. The molecule has 5 heteroatoms. The number of fused-ring (bicyclic) bond motifs is 1. The second kappa shape index (κ2) is 4.77. The molecule has 2 aromatic carbocycles. The Labute approximate surface area is 114 Å². The molecule has 0 atom stereocenters. The quantitative estimate of drug-likeness (QED) is 0.750. The number of aryl methyl sites for hydroxylation is 1. The van der Waals surface area contributed by atoms with Gasteiger partial charge in [0.05, 0.1) is 0 Å². The molecule has 3 rings (SSSR count). The van der Waals surface area contributed by atoms with E-state index in [1.165, 1.54) is 6.07 Å².